The molecule has 0 aromatic carbocycles. The van der Waals surface area contributed by atoms with Crippen LogP contribution in [0, 0.1) is 5.92 Å². The fourth-order valence-corrected chi connectivity index (χ4v) is 2.37. The van der Waals surface area contributed by atoms with Crippen molar-refractivity contribution in [2.45, 2.75) is 31.8 Å². The molecule has 2 unspecified atom stereocenters. The number of aliphatic hydroxyl groups excluding tert-OH is 1. The molecule has 1 aromatic heterocycles. The molecule has 1 heterocycles. The third-order valence-electron chi connectivity index (χ3n) is 3.38. The van der Waals surface area contributed by atoms with Crippen molar-refractivity contribution >= 4 is 17.5 Å². The van der Waals surface area contributed by atoms with Crippen molar-refractivity contribution in [3.63, 3.8) is 0 Å². The lowest BCUT2D eigenvalue weighted by Gasteiger charge is -2.27. The largest absolute Gasteiger partial charge is 0.393 e. The molecule has 2 atom stereocenters. The molecule has 98 valence electrons. The molecule has 18 heavy (non-hydrogen) atoms. The number of nitrogens with zero attached hydrogens (tertiary/aromatic N) is 1. The fourth-order valence-electron chi connectivity index (χ4n) is 2.26. The van der Waals surface area contributed by atoms with Crippen LogP contribution in [0.25, 0.3) is 0 Å². The number of pyridine rings is 1. The maximum absolute atomic E-state index is 11.8. The zero-order valence-corrected chi connectivity index (χ0v) is 10.9. The second-order valence-corrected chi connectivity index (χ2v) is 5.08. The summed E-state index contributed by atoms with van der Waals surface area (Å²) in [6.07, 6.45) is 5.17. The van der Waals surface area contributed by atoms with Gasteiger partial charge in [0.15, 0.2) is 0 Å². The lowest BCUT2D eigenvalue weighted by atomic mass is 9.86. The highest BCUT2D eigenvalue weighted by molar-refractivity contribution is 6.29. The Balaban J connectivity index is 1.86. The van der Waals surface area contributed by atoms with Crippen LogP contribution in [-0.2, 0) is 0 Å². The first kappa shape index (κ1) is 13.3. The van der Waals surface area contributed by atoms with Gasteiger partial charge >= 0.3 is 0 Å². The van der Waals surface area contributed by atoms with Crippen LogP contribution in [0.2, 0.25) is 5.15 Å². The van der Waals surface area contributed by atoms with Crippen LogP contribution in [0.4, 0.5) is 0 Å². The third kappa shape index (κ3) is 3.43. The Bertz CT molecular complexity index is 408. The van der Waals surface area contributed by atoms with Crippen LogP contribution in [0.5, 0.6) is 0 Å². The van der Waals surface area contributed by atoms with Crippen molar-refractivity contribution in [2.24, 2.45) is 5.92 Å². The van der Waals surface area contributed by atoms with Gasteiger partial charge in [0.05, 0.1) is 11.7 Å². The van der Waals surface area contributed by atoms with Gasteiger partial charge in [-0.25, -0.2) is 4.98 Å². The number of aliphatic hydroxyl groups is 1. The number of hydrogen-bond acceptors (Lipinski definition) is 3. The van der Waals surface area contributed by atoms with Crippen LogP contribution in [0.15, 0.2) is 18.3 Å². The second-order valence-electron chi connectivity index (χ2n) is 4.69. The van der Waals surface area contributed by atoms with Crippen LogP contribution in [-0.4, -0.2) is 28.6 Å². The van der Waals surface area contributed by atoms with E-state index in [2.05, 4.69) is 10.3 Å². The summed E-state index contributed by atoms with van der Waals surface area (Å²) in [6, 6.07) is 3.23. The van der Waals surface area contributed by atoms with Gasteiger partial charge in [-0.05, 0) is 25.0 Å². The van der Waals surface area contributed by atoms with Crippen molar-refractivity contribution in [2.75, 3.05) is 6.54 Å². The number of nitrogens with one attached hydrogen (secondary N) is 1. The molecular weight excluding hydrogens is 252 g/mol. The molecule has 1 fully saturated rings. The first-order chi connectivity index (χ1) is 8.66. The minimum Gasteiger partial charge on any atom is -0.393 e. The van der Waals surface area contributed by atoms with Crippen LogP contribution in [0.3, 0.4) is 0 Å². The quantitative estimate of drug-likeness (QED) is 0.825. The lowest BCUT2D eigenvalue weighted by molar-refractivity contribution is 0.0663. The van der Waals surface area contributed by atoms with Gasteiger partial charge in [0.1, 0.15) is 5.15 Å². The first-order valence-corrected chi connectivity index (χ1v) is 6.62. The average molecular weight is 269 g/mol. The zero-order chi connectivity index (χ0) is 13.0. The number of aromatic nitrogens is 1. The van der Waals surface area contributed by atoms with Gasteiger partial charge in [0, 0.05) is 18.7 Å². The van der Waals surface area contributed by atoms with Gasteiger partial charge in [0.25, 0.3) is 5.91 Å². The van der Waals surface area contributed by atoms with Crippen molar-refractivity contribution in [1.82, 2.24) is 10.3 Å². The number of carbonyl (C=O) groups is 1. The monoisotopic (exact) mass is 268 g/mol. The molecule has 1 saturated carbocycles. The summed E-state index contributed by atoms with van der Waals surface area (Å²) in [5.41, 5.74) is 0.490. The van der Waals surface area contributed by atoms with E-state index in [0.717, 1.165) is 25.7 Å². The van der Waals surface area contributed by atoms with Crippen LogP contribution in [0.1, 0.15) is 36.0 Å². The standard InChI is InChI=1S/C13H17ClN2O2/c14-12-6-5-10(8-15-12)13(18)16-7-9-3-1-2-4-11(9)17/h5-6,8-9,11,17H,1-4,7H2,(H,16,18). The predicted octanol–water partition coefficient (Wildman–Crippen LogP) is 2.02. The molecule has 4 nitrogen and oxygen atoms in total. The molecule has 1 amide bonds. The Morgan fingerprint density at radius 2 is 2.22 bits per heavy atom. The molecule has 1 aliphatic carbocycles. The van der Waals surface area contributed by atoms with Gasteiger partial charge in [-0.3, -0.25) is 4.79 Å². The molecular formula is C13H17ClN2O2. The lowest BCUT2D eigenvalue weighted by Crippen LogP contribution is -2.36. The molecule has 0 saturated heterocycles. The summed E-state index contributed by atoms with van der Waals surface area (Å²) in [7, 11) is 0. The van der Waals surface area contributed by atoms with E-state index in [1.165, 1.54) is 6.20 Å². The van der Waals surface area contributed by atoms with E-state index in [1.807, 2.05) is 0 Å². The number of carbonyl (C=O) groups excluding carboxylic acids is 1. The number of hydrogen-bond donors (Lipinski definition) is 2. The Morgan fingerprint density at radius 3 is 2.89 bits per heavy atom. The molecule has 0 spiro atoms. The third-order valence-corrected chi connectivity index (χ3v) is 3.61. The van der Waals surface area contributed by atoms with Crippen LogP contribution >= 0.6 is 11.6 Å². The molecule has 1 aromatic rings. The second kappa shape index (κ2) is 6.16. The van der Waals surface area contributed by atoms with Crippen molar-refractivity contribution in [3.8, 4) is 0 Å². The summed E-state index contributed by atoms with van der Waals surface area (Å²) >= 11 is 5.66. The topological polar surface area (TPSA) is 62.2 Å². The Labute approximate surface area is 111 Å². The normalized spacial score (nSPS) is 23.7. The SMILES string of the molecule is O=C(NCC1CCCCC1O)c1ccc(Cl)nc1. The van der Waals surface area contributed by atoms with E-state index in [0.29, 0.717) is 17.3 Å². The van der Waals surface area contributed by atoms with E-state index >= 15 is 0 Å². The van der Waals surface area contributed by atoms with Crippen molar-refractivity contribution < 1.29 is 9.90 Å². The minimum absolute atomic E-state index is 0.169. The van der Waals surface area contributed by atoms with E-state index < -0.39 is 0 Å². The Hall–Kier alpha value is -1.13. The van der Waals surface area contributed by atoms with E-state index in [-0.39, 0.29) is 17.9 Å². The maximum atomic E-state index is 11.8. The number of halogens is 1. The number of amides is 1. The van der Waals surface area contributed by atoms with Gasteiger partial charge < -0.3 is 10.4 Å². The highest BCUT2D eigenvalue weighted by Crippen LogP contribution is 2.23. The number of rotatable bonds is 3. The molecule has 2 N–H and O–H groups in total. The summed E-state index contributed by atoms with van der Waals surface area (Å²) < 4.78 is 0. The molecule has 0 aliphatic heterocycles. The summed E-state index contributed by atoms with van der Waals surface area (Å²) in [4.78, 5) is 15.7. The predicted molar refractivity (Wildman–Crippen MR) is 69.5 cm³/mol. The van der Waals surface area contributed by atoms with Crippen LogP contribution < -0.4 is 5.32 Å². The maximum Gasteiger partial charge on any atom is 0.252 e. The average Bonchev–Trinajstić information content (AvgIpc) is 2.38. The van der Waals surface area contributed by atoms with E-state index in [9.17, 15) is 9.90 Å². The first-order valence-electron chi connectivity index (χ1n) is 6.24. The van der Waals surface area contributed by atoms with E-state index in [1.54, 1.807) is 12.1 Å². The fraction of sp³-hybridized carbons (Fsp3) is 0.538. The molecule has 1 aliphatic rings. The van der Waals surface area contributed by atoms with Crippen molar-refractivity contribution in [3.05, 3.63) is 29.0 Å². The highest BCUT2D eigenvalue weighted by atomic mass is 35.5. The molecule has 0 radical (unpaired) electrons. The Morgan fingerprint density at radius 1 is 1.44 bits per heavy atom. The van der Waals surface area contributed by atoms with Gasteiger partial charge in [-0.1, -0.05) is 24.4 Å². The van der Waals surface area contributed by atoms with Gasteiger partial charge in [-0.2, -0.15) is 0 Å². The summed E-state index contributed by atoms with van der Waals surface area (Å²) in [5.74, 6) is -0.0000930. The van der Waals surface area contributed by atoms with E-state index in [4.69, 9.17) is 11.6 Å². The minimum atomic E-state index is -0.289. The Kier molecular flexibility index (Phi) is 4.55. The molecule has 0 bridgehead atoms. The zero-order valence-electron chi connectivity index (χ0n) is 10.1. The van der Waals surface area contributed by atoms with Gasteiger partial charge in [-0.15, -0.1) is 0 Å². The van der Waals surface area contributed by atoms with Crippen molar-refractivity contribution in [1.29, 1.82) is 0 Å². The highest BCUT2D eigenvalue weighted by Gasteiger charge is 2.23. The molecule has 2 rings (SSSR count). The molecule has 5 heteroatoms. The smallest absolute Gasteiger partial charge is 0.252 e. The van der Waals surface area contributed by atoms with Gasteiger partial charge in [0.2, 0.25) is 0 Å². The summed E-state index contributed by atoms with van der Waals surface area (Å²) in [5, 5.41) is 13.0. The summed E-state index contributed by atoms with van der Waals surface area (Å²) in [6.45, 7) is 0.516.